The van der Waals surface area contributed by atoms with Crippen LogP contribution in [0.25, 0.3) is 11.5 Å². The number of carbonyl (C=O) groups excluding carboxylic acids is 1. The monoisotopic (exact) mass is 315 g/mol. The Kier molecular flexibility index (Phi) is 4.17. The number of benzene rings is 1. The largest absolute Gasteiger partial charge is 0.421 e. The molecular formula is C17H21N3O3. The number of hydrogen-bond donors (Lipinski definition) is 1. The van der Waals surface area contributed by atoms with E-state index in [9.17, 15) is 9.90 Å². The van der Waals surface area contributed by atoms with E-state index < -0.39 is 5.60 Å². The minimum Gasteiger partial charge on any atom is -0.421 e. The molecule has 1 heterocycles. The number of hydrogen-bond acceptors (Lipinski definition) is 5. The predicted molar refractivity (Wildman–Crippen MR) is 84.8 cm³/mol. The maximum atomic E-state index is 12.5. The molecule has 0 aliphatic heterocycles. The Morgan fingerprint density at radius 3 is 2.48 bits per heavy atom. The molecule has 0 spiro atoms. The van der Waals surface area contributed by atoms with Crippen molar-refractivity contribution in [3.05, 3.63) is 35.7 Å². The molecule has 122 valence electrons. The van der Waals surface area contributed by atoms with Gasteiger partial charge < -0.3 is 14.4 Å². The van der Waals surface area contributed by atoms with E-state index in [0.717, 1.165) is 31.2 Å². The summed E-state index contributed by atoms with van der Waals surface area (Å²) in [4.78, 5) is 14.1. The number of nitrogens with zero attached hydrogens (tertiary/aromatic N) is 3. The van der Waals surface area contributed by atoms with Crippen LogP contribution in [0.2, 0.25) is 0 Å². The lowest BCUT2D eigenvalue weighted by molar-refractivity contribution is 0.0157. The van der Waals surface area contributed by atoms with Crippen LogP contribution in [0.1, 0.15) is 41.9 Å². The highest BCUT2D eigenvalue weighted by Crippen LogP contribution is 2.30. The zero-order valence-electron chi connectivity index (χ0n) is 13.5. The fraction of sp³-hybridized carbons (Fsp3) is 0.471. The topological polar surface area (TPSA) is 79.5 Å². The van der Waals surface area contributed by atoms with Gasteiger partial charge in [0, 0.05) is 31.6 Å². The number of likely N-dealkylation sites (N-methyl/N-ethyl adjacent to an activating group) is 1. The summed E-state index contributed by atoms with van der Waals surface area (Å²) in [6.07, 6.45) is 3.58. The zero-order valence-corrected chi connectivity index (χ0v) is 13.5. The SMILES string of the molecule is Cc1nnc(-c2ccc(C(=O)N(C)CC3(O)CCCC3)cc2)o1. The number of amides is 1. The first-order valence-electron chi connectivity index (χ1n) is 7.85. The Bertz CT molecular complexity index is 687. The van der Waals surface area contributed by atoms with Gasteiger partial charge in [-0.25, -0.2) is 0 Å². The summed E-state index contributed by atoms with van der Waals surface area (Å²) >= 11 is 0. The molecule has 0 radical (unpaired) electrons. The van der Waals surface area contributed by atoms with Crippen LogP contribution in [0.4, 0.5) is 0 Å². The molecule has 1 aromatic carbocycles. The molecule has 1 saturated carbocycles. The average molecular weight is 315 g/mol. The molecule has 1 aliphatic rings. The lowest BCUT2D eigenvalue weighted by Crippen LogP contribution is -2.42. The van der Waals surface area contributed by atoms with E-state index in [0.29, 0.717) is 23.9 Å². The summed E-state index contributed by atoms with van der Waals surface area (Å²) < 4.78 is 5.37. The van der Waals surface area contributed by atoms with Crippen LogP contribution in [0.3, 0.4) is 0 Å². The molecule has 0 bridgehead atoms. The van der Waals surface area contributed by atoms with Crippen molar-refractivity contribution >= 4 is 5.91 Å². The molecule has 0 unspecified atom stereocenters. The first-order chi connectivity index (χ1) is 11.0. The highest BCUT2D eigenvalue weighted by atomic mass is 16.4. The van der Waals surface area contributed by atoms with E-state index in [-0.39, 0.29) is 5.91 Å². The van der Waals surface area contributed by atoms with Crippen LogP contribution in [0.15, 0.2) is 28.7 Å². The molecule has 1 fully saturated rings. The van der Waals surface area contributed by atoms with Gasteiger partial charge in [-0.1, -0.05) is 12.8 Å². The summed E-state index contributed by atoms with van der Waals surface area (Å²) in [5.74, 6) is 0.846. The van der Waals surface area contributed by atoms with Gasteiger partial charge >= 0.3 is 0 Å². The summed E-state index contributed by atoms with van der Waals surface area (Å²) in [5, 5.41) is 18.2. The molecule has 1 aromatic heterocycles. The Morgan fingerprint density at radius 2 is 1.91 bits per heavy atom. The number of carbonyl (C=O) groups is 1. The van der Waals surface area contributed by atoms with Crippen LogP contribution in [0, 0.1) is 6.92 Å². The van der Waals surface area contributed by atoms with Gasteiger partial charge in [0.15, 0.2) is 0 Å². The summed E-state index contributed by atoms with van der Waals surface area (Å²) in [6.45, 7) is 2.10. The Hall–Kier alpha value is -2.21. The number of aromatic nitrogens is 2. The van der Waals surface area contributed by atoms with Gasteiger partial charge in [0.05, 0.1) is 5.60 Å². The number of rotatable bonds is 4. The Labute approximate surface area is 135 Å². The van der Waals surface area contributed by atoms with Crippen molar-refractivity contribution in [2.75, 3.05) is 13.6 Å². The third kappa shape index (κ3) is 3.42. The van der Waals surface area contributed by atoms with Gasteiger partial charge in [0.2, 0.25) is 11.8 Å². The second-order valence-electron chi connectivity index (χ2n) is 6.30. The first-order valence-corrected chi connectivity index (χ1v) is 7.85. The van der Waals surface area contributed by atoms with Crippen molar-refractivity contribution in [1.29, 1.82) is 0 Å². The molecule has 6 heteroatoms. The first kappa shape index (κ1) is 15.7. The summed E-state index contributed by atoms with van der Waals surface area (Å²) in [7, 11) is 1.73. The van der Waals surface area contributed by atoms with Crippen LogP contribution < -0.4 is 0 Å². The molecule has 6 nitrogen and oxygen atoms in total. The van der Waals surface area contributed by atoms with Crippen LogP contribution >= 0.6 is 0 Å². The van der Waals surface area contributed by atoms with Crippen molar-refractivity contribution < 1.29 is 14.3 Å². The molecule has 23 heavy (non-hydrogen) atoms. The minimum absolute atomic E-state index is 0.0985. The van der Waals surface area contributed by atoms with Gasteiger partial charge in [-0.3, -0.25) is 4.79 Å². The van der Waals surface area contributed by atoms with E-state index >= 15 is 0 Å². The highest BCUT2D eigenvalue weighted by molar-refractivity contribution is 5.94. The maximum absolute atomic E-state index is 12.5. The van der Waals surface area contributed by atoms with Crippen LogP contribution in [-0.2, 0) is 0 Å². The summed E-state index contributed by atoms with van der Waals surface area (Å²) in [5.41, 5.74) is 0.624. The van der Waals surface area contributed by atoms with Gasteiger partial charge in [-0.05, 0) is 37.1 Å². The van der Waals surface area contributed by atoms with E-state index in [1.165, 1.54) is 0 Å². The molecule has 0 saturated heterocycles. The standard InChI is InChI=1S/C17H21N3O3/c1-12-18-19-15(23-12)13-5-7-14(8-6-13)16(21)20(2)11-17(22)9-3-4-10-17/h5-8,22H,3-4,9-11H2,1-2H3. The second kappa shape index (κ2) is 6.12. The second-order valence-corrected chi connectivity index (χ2v) is 6.30. The number of aliphatic hydroxyl groups is 1. The average Bonchev–Trinajstić information content (AvgIpc) is 3.15. The van der Waals surface area contributed by atoms with Crippen molar-refractivity contribution in [1.82, 2.24) is 15.1 Å². The normalized spacial score (nSPS) is 16.5. The summed E-state index contributed by atoms with van der Waals surface area (Å²) in [6, 6.07) is 7.06. The smallest absolute Gasteiger partial charge is 0.253 e. The Morgan fingerprint density at radius 1 is 1.26 bits per heavy atom. The third-order valence-electron chi connectivity index (χ3n) is 4.32. The van der Waals surface area contributed by atoms with Crippen molar-refractivity contribution in [3.8, 4) is 11.5 Å². The third-order valence-corrected chi connectivity index (χ3v) is 4.32. The van der Waals surface area contributed by atoms with Crippen molar-refractivity contribution in [2.24, 2.45) is 0 Å². The zero-order chi connectivity index (χ0) is 16.4. The highest BCUT2D eigenvalue weighted by Gasteiger charge is 2.33. The molecule has 1 amide bonds. The van der Waals surface area contributed by atoms with Gasteiger partial charge in [0.25, 0.3) is 5.91 Å². The van der Waals surface area contributed by atoms with E-state index in [4.69, 9.17) is 4.42 Å². The van der Waals surface area contributed by atoms with Gasteiger partial charge in [-0.15, -0.1) is 10.2 Å². The molecule has 1 aliphatic carbocycles. The van der Waals surface area contributed by atoms with Gasteiger partial charge in [-0.2, -0.15) is 0 Å². The molecule has 0 atom stereocenters. The van der Waals surface area contributed by atoms with Crippen molar-refractivity contribution in [2.45, 2.75) is 38.2 Å². The van der Waals surface area contributed by atoms with Crippen LogP contribution in [0.5, 0.6) is 0 Å². The molecule has 2 aromatic rings. The maximum Gasteiger partial charge on any atom is 0.253 e. The molecular weight excluding hydrogens is 294 g/mol. The number of aryl methyl sites for hydroxylation is 1. The Balaban J connectivity index is 1.69. The van der Waals surface area contributed by atoms with Crippen LogP contribution in [-0.4, -0.2) is 45.3 Å². The van der Waals surface area contributed by atoms with E-state index in [1.807, 2.05) is 0 Å². The van der Waals surface area contributed by atoms with Gasteiger partial charge in [0.1, 0.15) is 0 Å². The fourth-order valence-corrected chi connectivity index (χ4v) is 3.09. The molecule has 3 rings (SSSR count). The lowest BCUT2D eigenvalue weighted by atomic mass is 10.0. The van der Waals surface area contributed by atoms with Crippen molar-refractivity contribution in [3.63, 3.8) is 0 Å². The van der Waals surface area contributed by atoms with E-state index in [2.05, 4.69) is 10.2 Å². The van der Waals surface area contributed by atoms with E-state index in [1.54, 1.807) is 43.1 Å². The molecule has 1 N–H and O–H groups in total. The lowest BCUT2D eigenvalue weighted by Gasteiger charge is -2.28. The fourth-order valence-electron chi connectivity index (χ4n) is 3.09. The predicted octanol–water partition coefficient (Wildman–Crippen LogP) is 2.42. The quantitative estimate of drug-likeness (QED) is 0.937. The minimum atomic E-state index is -0.731.